The van der Waals surface area contributed by atoms with E-state index >= 15 is 0 Å². The molecular weight excluding hydrogens is 412 g/mol. The zero-order chi connectivity index (χ0) is 24.2. The fourth-order valence-electron chi connectivity index (χ4n) is 4.07. The van der Waals surface area contributed by atoms with Gasteiger partial charge in [-0.2, -0.15) is 0 Å². The van der Waals surface area contributed by atoms with Crippen LogP contribution in [0.3, 0.4) is 0 Å². The number of hydrogen-bond acceptors (Lipinski definition) is 4. The van der Waals surface area contributed by atoms with E-state index in [-0.39, 0.29) is 11.9 Å². The molecule has 4 nitrogen and oxygen atoms in total. The van der Waals surface area contributed by atoms with E-state index in [1.165, 1.54) is 103 Å². The van der Waals surface area contributed by atoms with Crippen molar-refractivity contribution in [2.24, 2.45) is 0 Å². The van der Waals surface area contributed by atoms with Crippen LogP contribution in [-0.2, 0) is 19.1 Å². The fraction of sp³-hybridized carbons (Fsp3) is 0.931. The van der Waals surface area contributed by atoms with Crippen LogP contribution >= 0.6 is 0 Å². The minimum atomic E-state index is -0.191. The van der Waals surface area contributed by atoms with E-state index in [9.17, 15) is 9.59 Å². The number of rotatable bonds is 26. The molecule has 0 aromatic heterocycles. The Bertz CT molecular complexity index is 422. The van der Waals surface area contributed by atoms with Gasteiger partial charge in [0.25, 0.3) is 0 Å². The van der Waals surface area contributed by atoms with Crippen LogP contribution < -0.4 is 0 Å². The molecule has 0 amide bonds. The number of carbonyl (C=O) groups excluding carboxylic acids is 2. The lowest BCUT2D eigenvalue weighted by molar-refractivity contribution is -0.145. The monoisotopic (exact) mass is 468 g/mol. The highest BCUT2D eigenvalue weighted by Crippen LogP contribution is 2.13. The van der Waals surface area contributed by atoms with Gasteiger partial charge in [0.05, 0.1) is 13.2 Å². The van der Waals surface area contributed by atoms with Crippen LogP contribution in [0.4, 0.5) is 0 Å². The minimum absolute atomic E-state index is 0.187. The Morgan fingerprint density at radius 3 is 0.970 bits per heavy atom. The first-order valence-electron chi connectivity index (χ1n) is 14.5. The Morgan fingerprint density at radius 2 is 0.667 bits per heavy atom. The first kappa shape index (κ1) is 31.9. The molecule has 0 aromatic carbocycles. The molecule has 4 heteroatoms. The van der Waals surface area contributed by atoms with Crippen LogP contribution in [0.2, 0.25) is 0 Å². The maximum absolute atomic E-state index is 11.8. The predicted molar refractivity (Wildman–Crippen MR) is 139 cm³/mol. The van der Waals surface area contributed by atoms with Crippen molar-refractivity contribution in [3.05, 3.63) is 0 Å². The van der Waals surface area contributed by atoms with Gasteiger partial charge >= 0.3 is 11.9 Å². The lowest BCUT2D eigenvalue weighted by Gasteiger charge is -2.06. The third kappa shape index (κ3) is 27.1. The second-order valence-electron chi connectivity index (χ2n) is 9.66. The van der Waals surface area contributed by atoms with Crippen molar-refractivity contribution in [2.45, 2.75) is 162 Å². The van der Waals surface area contributed by atoms with Crippen molar-refractivity contribution in [1.29, 1.82) is 0 Å². The van der Waals surface area contributed by atoms with E-state index in [1.54, 1.807) is 0 Å². The Labute approximate surface area is 206 Å². The molecule has 0 saturated carbocycles. The Balaban J connectivity index is 3.26. The number of hydrogen-bond donors (Lipinski definition) is 0. The molecule has 0 aliphatic rings. The van der Waals surface area contributed by atoms with Crippen molar-refractivity contribution in [2.75, 3.05) is 13.2 Å². The molecule has 0 unspecified atom stereocenters. The molecular formula is C29H56O4. The van der Waals surface area contributed by atoms with Gasteiger partial charge in [-0.15, -0.1) is 0 Å². The summed E-state index contributed by atoms with van der Waals surface area (Å²) in [5.41, 5.74) is 0. The predicted octanol–water partition coefficient (Wildman–Crippen LogP) is 9.08. The summed E-state index contributed by atoms with van der Waals surface area (Å²) in [5, 5.41) is 0. The number of esters is 2. The van der Waals surface area contributed by atoms with E-state index in [2.05, 4.69) is 13.8 Å². The average Bonchev–Trinajstić information content (AvgIpc) is 2.81. The maximum Gasteiger partial charge on any atom is 0.305 e. The first-order valence-corrected chi connectivity index (χ1v) is 14.5. The topological polar surface area (TPSA) is 52.6 Å². The molecule has 196 valence electrons. The Morgan fingerprint density at radius 1 is 0.394 bits per heavy atom. The largest absolute Gasteiger partial charge is 0.466 e. The van der Waals surface area contributed by atoms with Gasteiger partial charge in [-0.1, -0.05) is 129 Å². The van der Waals surface area contributed by atoms with Gasteiger partial charge in [0.15, 0.2) is 0 Å². The van der Waals surface area contributed by atoms with Crippen LogP contribution in [0.25, 0.3) is 0 Å². The molecule has 0 spiro atoms. The minimum Gasteiger partial charge on any atom is -0.466 e. The molecule has 0 heterocycles. The smallest absolute Gasteiger partial charge is 0.305 e. The standard InChI is InChI=1S/C29H56O4/c1-3-5-7-9-11-12-13-14-15-16-17-18-20-22-27-33-29(31)25-23-24-28(30)32-26-21-19-10-8-6-4-2/h3-27H2,1-2H3. The second kappa shape index (κ2) is 27.2. The summed E-state index contributed by atoms with van der Waals surface area (Å²) in [6, 6.07) is 0. The molecule has 0 aromatic rings. The molecule has 0 saturated heterocycles. The molecule has 0 radical (unpaired) electrons. The summed E-state index contributed by atoms with van der Waals surface area (Å²) < 4.78 is 10.5. The summed E-state index contributed by atoms with van der Waals surface area (Å²) in [6.07, 6.45) is 26.7. The van der Waals surface area contributed by atoms with Crippen LogP contribution in [0.5, 0.6) is 0 Å². The SMILES string of the molecule is CCCCCCCCCCCCCCCCOC(=O)CCCC(=O)OCCCCCCCC. The molecule has 0 atom stereocenters. The summed E-state index contributed by atoms with van der Waals surface area (Å²) in [6.45, 7) is 5.50. The zero-order valence-electron chi connectivity index (χ0n) is 22.3. The van der Waals surface area contributed by atoms with Crippen molar-refractivity contribution in [1.82, 2.24) is 0 Å². The van der Waals surface area contributed by atoms with Gasteiger partial charge in [-0.3, -0.25) is 9.59 Å². The Hall–Kier alpha value is -1.06. The highest BCUT2D eigenvalue weighted by molar-refractivity contribution is 5.72. The average molecular weight is 469 g/mol. The third-order valence-corrected chi connectivity index (χ3v) is 6.28. The van der Waals surface area contributed by atoms with Crippen molar-refractivity contribution in [3.63, 3.8) is 0 Å². The van der Waals surface area contributed by atoms with Gasteiger partial charge in [0.2, 0.25) is 0 Å². The number of unbranched alkanes of at least 4 members (excludes halogenated alkanes) is 18. The third-order valence-electron chi connectivity index (χ3n) is 6.28. The second-order valence-corrected chi connectivity index (χ2v) is 9.66. The summed E-state index contributed by atoms with van der Waals surface area (Å²) in [7, 11) is 0. The number of ether oxygens (including phenoxy) is 2. The lowest BCUT2D eigenvalue weighted by atomic mass is 10.0. The van der Waals surface area contributed by atoms with Crippen LogP contribution in [0.1, 0.15) is 162 Å². The summed E-state index contributed by atoms with van der Waals surface area (Å²) in [4.78, 5) is 23.5. The van der Waals surface area contributed by atoms with E-state index in [1.807, 2.05) is 0 Å². The summed E-state index contributed by atoms with van der Waals surface area (Å²) >= 11 is 0. The molecule has 0 N–H and O–H groups in total. The summed E-state index contributed by atoms with van der Waals surface area (Å²) in [5.74, 6) is -0.378. The molecule has 0 aliphatic carbocycles. The fourth-order valence-corrected chi connectivity index (χ4v) is 4.07. The van der Waals surface area contributed by atoms with Crippen molar-refractivity contribution in [3.8, 4) is 0 Å². The normalized spacial score (nSPS) is 11.0. The highest BCUT2D eigenvalue weighted by Gasteiger charge is 2.07. The van der Waals surface area contributed by atoms with Crippen LogP contribution in [-0.4, -0.2) is 25.2 Å². The Kier molecular flexibility index (Phi) is 26.3. The van der Waals surface area contributed by atoms with Crippen molar-refractivity contribution < 1.29 is 19.1 Å². The van der Waals surface area contributed by atoms with Gasteiger partial charge in [-0.05, 0) is 19.3 Å². The van der Waals surface area contributed by atoms with E-state index in [0.717, 1.165) is 25.7 Å². The first-order chi connectivity index (χ1) is 16.2. The lowest BCUT2D eigenvalue weighted by Crippen LogP contribution is -2.09. The van der Waals surface area contributed by atoms with Crippen LogP contribution in [0.15, 0.2) is 0 Å². The number of carbonyl (C=O) groups is 2. The highest BCUT2D eigenvalue weighted by atomic mass is 16.5. The molecule has 0 bridgehead atoms. The zero-order valence-corrected chi connectivity index (χ0v) is 22.3. The van der Waals surface area contributed by atoms with Crippen molar-refractivity contribution >= 4 is 11.9 Å². The van der Waals surface area contributed by atoms with Gasteiger partial charge in [-0.25, -0.2) is 0 Å². The quantitative estimate of drug-likeness (QED) is 0.0938. The van der Waals surface area contributed by atoms with E-state index in [4.69, 9.17) is 9.47 Å². The van der Waals surface area contributed by atoms with Gasteiger partial charge in [0, 0.05) is 12.8 Å². The van der Waals surface area contributed by atoms with Crippen LogP contribution in [0, 0.1) is 0 Å². The van der Waals surface area contributed by atoms with Gasteiger partial charge < -0.3 is 9.47 Å². The molecule has 0 fully saturated rings. The van der Waals surface area contributed by atoms with E-state index < -0.39 is 0 Å². The molecule has 0 rings (SSSR count). The maximum atomic E-state index is 11.8. The molecule has 33 heavy (non-hydrogen) atoms. The van der Waals surface area contributed by atoms with E-state index in [0.29, 0.717) is 32.5 Å². The molecule has 0 aliphatic heterocycles. The van der Waals surface area contributed by atoms with Gasteiger partial charge in [0.1, 0.15) is 0 Å².